The van der Waals surface area contributed by atoms with Crippen molar-refractivity contribution in [3.05, 3.63) is 53.7 Å². The number of hydrogen-bond acceptors (Lipinski definition) is 6. The van der Waals surface area contributed by atoms with Crippen LogP contribution in [0.1, 0.15) is 42.9 Å². The molecule has 4 aliphatic rings. The van der Waals surface area contributed by atoms with Gasteiger partial charge in [0.1, 0.15) is 11.9 Å². The molecule has 0 N–H and O–H groups in total. The highest BCUT2D eigenvalue weighted by molar-refractivity contribution is 5.88. The molecule has 7 nitrogen and oxygen atoms in total. The van der Waals surface area contributed by atoms with Gasteiger partial charge in [0.15, 0.2) is 0 Å². The van der Waals surface area contributed by atoms with Crippen molar-refractivity contribution in [1.29, 1.82) is 5.26 Å². The average Bonchev–Trinajstić information content (AvgIpc) is 3.16. The van der Waals surface area contributed by atoms with Crippen LogP contribution in [0.2, 0.25) is 0 Å². The van der Waals surface area contributed by atoms with Crippen LogP contribution in [0, 0.1) is 28.0 Å². The molecular formula is C21H18FN5O2. The Bertz CT molecular complexity index is 1030. The summed E-state index contributed by atoms with van der Waals surface area (Å²) in [5.74, 6) is 0.0654. The van der Waals surface area contributed by atoms with Crippen molar-refractivity contribution in [2.24, 2.45) is 15.9 Å². The van der Waals surface area contributed by atoms with Crippen molar-refractivity contribution in [1.82, 2.24) is 15.0 Å². The highest BCUT2D eigenvalue weighted by Crippen LogP contribution is 2.74. The summed E-state index contributed by atoms with van der Waals surface area (Å²) in [6.45, 7) is 0.501. The van der Waals surface area contributed by atoms with E-state index in [9.17, 15) is 9.18 Å². The molecule has 146 valence electrons. The van der Waals surface area contributed by atoms with Gasteiger partial charge in [-0.2, -0.15) is 10.4 Å². The first kappa shape index (κ1) is 17.7. The van der Waals surface area contributed by atoms with Gasteiger partial charge in [0.05, 0.1) is 29.8 Å². The summed E-state index contributed by atoms with van der Waals surface area (Å²) in [6, 6.07) is 6.49. The number of halogens is 1. The van der Waals surface area contributed by atoms with Gasteiger partial charge in [0.25, 0.3) is 0 Å². The summed E-state index contributed by atoms with van der Waals surface area (Å²) in [6.07, 6.45) is 8.76. The lowest BCUT2D eigenvalue weighted by atomic mass is 9.35. The van der Waals surface area contributed by atoms with Gasteiger partial charge in [0.2, 0.25) is 11.8 Å². The molecule has 2 bridgehead atoms. The van der Waals surface area contributed by atoms with Crippen LogP contribution in [0.3, 0.4) is 0 Å². The molecule has 0 spiro atoms. The second-order valence-electron chi connectivity index (χ2n) is 8.23. The van der Waals surface area contributed by atoms with E-state index < -0.39 is 5.82 Å². The minimum Gasteiger partial charge on any atom is -0.477 e. The Morgan fingerprint density at radius 2 is 2.14 bits per heavy atom. The molecular weight excluding hydrogens is 373 g/mol. The number of nitrogens with zero attached hydrogens (tertiary/aromatic N) is 5. The lowest BCUT2D eigenvalue weighted by molar-refractivity contribution is -0.227. The molecule has 1 amide bonds. The third-order valence-electron chi connectivity index (χ3n) is 6.13. The zero-order chi connectivity index (χ0) is 20.1. The lowest BCUT2D eigenvalue weighted by Gasteiger charge is -2.69. The van der Waals surface area contributed by atoms with E-state index >= 15 is 0 Å². The van der Waals surface area contributed by atoms with E-state index in [1.165, 1.54) is 17.3 Å². The number of aromatic nitrogens is 2. The first-order valence-corrected chi connectivity index (χ1v) is 9.48. The van der Waals surface area contributed by atoms with E-state index in [4.69, 9.17) is 10.00 Å². The van der Waals surface area contributed by atoms with Crippen LogP contribution in [0.25, 0.3) is 0 Å². The van der Waals surface area contributed by atoms with Crippen LogP contribution in [0.4, 0.5) is 4.39 Å². The van der Waals surface area contributed by atoms with Crippen LogP contribution in [-0.2, 0) is 4.79 Å². The predicted molar refractivity (Wildman–Crippen MR) is 100 cm³/mol. The fraction of sp³-hybridized carbons (Fsp3) is 0.381. The van der Waals surface area contributed by atoms with E-state index in [0.717, 1.165) is 25.5 Å². The number of rotatable bonds is 5. The van der Waals surface area contributed by atoms with Crippen LogP contribution < -0.4 is 4.74 Å². The van der Waals surface area contributed by atoms with Crippen molar-refractivity contribution in [3.63, 3.8) is 0 Å². The molecule has 29 heavy (non-hydrogen) atoms. The first-order chi connectivity index (χ1) is 14.0. The van der Waals surface area contributed by atoms with Crippen molar-refractivity contribution in [3.8, 4) is 11.9 Å². The smallest absolute Gasteiger partial charge is 0.249 e. The van der Waals surface area contributed by atoms with E-state index in [0.29, 0.717) is 30.0 Å². The van der Waals surface area contributed by atoms with Crippen LogP contribution in [-0.4, -0.2) is 33.7 Å². The maximum Gasteiger partial charge on any atom is 0.249 e. The molecule has 1 unspecified atom stereocenters. The number of carbonyl (C=O) groups is 1. The molecule has 0 saturated heterocycles. The van der Waals surface area contributed by atoms with Gasteiger partial charge in [-0.1, -0.05) is 0 Å². The second-order valence-corrected chi connectivity index (χ2v) is 8.23. The van der Waals surface area contributed by atoms with Gasteiger partial charge in [0, 0.05) is 36.5 Å². The third-order valence-corrected chi connectivity index (χ3v) is 6.13. The average molecular weight is 391 g/mol. The predicted octanol–water partition coefficient (Wildman–Crippen LogP) is 3.00. The van der Waals surface area contributed by atoms with Gasteiger partial charge >= 0.3 is 0 Å². The van der Waals surface area contributed by atoms with E-state index in [2.05, 4.69) is 15.1 Å². The maximum absolute atomic E-state index is 13.5. The van der Waals surface area contributed by atoms with Crippen LogP contribution in [0.15, 0.2) is 41.9 Å². The molecule has 8 heteroatoms. The minimum absolute atomic E-state index is 0.00103. The third kappa shape index (κ3) is 2.85. The Kier molecular flexibility index (Phi) is 3.88. The summed E-state index contributed by atoms with van der Waals surface area (Å²) in [4.78, 5) is 21.2. The molecule has 2 aromatic rings. The molecule has 0 radical (unpaired) electrons. The molecule has 1 aliphatic heterocycles. The number of pyridine rings is 2. The Morgan fingerprint density at radius 3 is 2.83 bits per heavy atom. The Balaban J connectivity index is 1.21. The minimum atomic E-state index is -0.417. The highest BCUT2D eigenvalue weighted by atomic mass is 19.1. The van der Waals surface area contributed by atoms with Crippen molar-refractivity contribution in [2.75, 3.05) is 6.61 Å². The summed E-state index contributed by atoms with van der Waals surface area (Å²) in [5, 5.41) is 14.6. The molecule has 3 heterocycles. The molecule has 2 aromatic heterocycles. The molecule has 0 aromatic carbocycles. The fourth-order valence-electron chi connectivity index (χ4n) is 4.88. The maximum atomic E-state index is 13.5. The van der Waals surface area contributed by atoms with Gasteiger partial charge in [-0.05, 0) is 37.0 Å². The quantitative estimate of drug-likeness (QED) is 0.781. The highest BCUT2D eigenvalue weighted by Gasteiger charge is 2.72. The summed E-state index contributed by atoms with van der Waals surface area (Å²) in [5.41, 5.74) is 0.765. The van der Waals surface area contributed by atoms with Crippen molar-refractivity contribution < 1.29 is 13.9 Å². The number of ether oxygens (including phenoxy) is 1. The van der Waals surface area contributed by atoms with Gasteiger partial charge in [-0.3, -0.25) is 9.78 Å². The van der Waals surface area contributed by atoms with E-state index in [1.807, 2.05) is 6.07 Å². The Hall–Kier alpha value is -3.34. The normalized spacial score (nSPS) is 29.0. The van der Waals surface area contributed by atoms with E-state index in [-0.39, 0.29) is 22.8 Å². The second kappa shape index (κ2) is 6.34. The monoisotopic (exact) mass is 391 g/mol. The number of hydrogen-bond donors (Lipinski definition) is 0. The number of amides is 1. The lowest BCUT2D eigenvalue weighted by Crippen LogP contribution is -2.69. The Morgan fingerprint density at radius 1 is 1.31 bits per heavy atom. The summed E-state index contributed by atoms with van der Waals surface area (Å²) < 4.78 is 19.3. The van der Waals surface area contributed by atoms with Crippen LogP contribution >= 0.6 is 0 Å². The SMILES string of the molecule is N#Cc1ccc(OCC23CC(C(=O)N4N=CCC4c4cncc(F)c4)(C2)C3)nc1. The number of carbonyl (C=O) groups excluding carboxylic acids is 1. The van der Waals surface area contributed by atoms with Gasteiger partial charge in [-0.15, -0.1) is 0 Å². The molecule has 1 atom stereocenters. The van der Waals surface area contributed by atoms with Crippen LogP contribution in [0.5, 0.6) is 5.88 Å². The molecule has 3 fully saturated rings. The molecule has 3 saturated carbocycles. The number of hydrazone groups is 1. The zero-order valence-corrected chi connectivity index (χ0v) is 15.6. The molecule has 3 aliphatic carbocycles. The standard InChI is InChI=1S/C21H18FN5O2/c22-16-5-15(8-24-9-16)17-3-4-26-27(17)19(28)21-10-20(11-21,12-21)13-29-18-2-1-14(6-23)7-25-18/h1-2,4-5,7-9,17H,3,10-13H2. The fourth-order valence-corrected chi connectivity index (χ4v) is 4.88. The Labute approximate surface area is 166 Å². The molecule has 6 rings (SSSR count). The first-order valence-electron chi connectivity index (χ1n) is 9.48. The largest absolute Gasteiger partial charge is 0.477 e. The number of nitriles is 1. The van der Waals surface area contributed by atoms with Crippen molar-refractivity contribution in [2.45, 2.75) is 31.7 Å². The summed E-state index contributed by atoms with van der Waals surface area (Å²) in [7, 11) is 0. The van der Waals surface area contributed by atoms with Crippen molar-refractivity contribution >= 4 is 12.1 Å². The summed E-state index contributed by atoms with van der Waals surface area (Å²) >= 11 is 0. The van der Waals surface area contributed by atoms with Gasteiger partial charge < -0.3 is 4.74 Å². The van der Waals surface area contributed by atoms with E-state index in [1.54, 1.807) is 24.5 Å². The zero-order valence-electron chi connectivity index (χ0n) is 15.6. The van der Waals surface area contributed by atoms with Gasteiger partial charge in [-0.25, -0.2) is 14.4 Å². The topological polar surface area (TPSA) is 91.5 Å².